The summed E-state index contributed by atoms with van der Waals surface area (Å²) in [7, 11) is 0. The molecule has 0 N–H and O–H groups in total. The van der Waals surface area contributed by atoms with Gasteiger partial charge in [-0.25, -0.2) is 4.39 Å². The highest BCUT2D eigenvalue weighted by molar-refractivity contribution is 7.78. The van der Waals surface area contributed by atoms with Crippen molar-refractivity contribution in [2.45, 2.75) is 6.92 Å². The molecule has 0 aliphatic carbocycles. The lowest BCUT2D eigenvalue weighted by molar-refractivity contribution is -0.121. The minimum atomic E-state index is -0.559. The highest BCUT2D eigenvalue weighted by Gasteiger charge is 2.26. The third kappa shape index (κ3) is 2.70. The molecule has 1 amide bonds. The monoisotopic (exact) mass is 278 g/mol. The second-order valence-electron chi connectivity index (χ2n) is 3.84. The van der Waals surface area contributed by atoms with Crippen molar-refractivity contribution in [3.8, 4) is 5.75 Å². The summed E-state index contributed by atoms with van der Waals surface area (Å²) in [5.74, 6) is -0.421. The molecule has 1 aromatic carbocycles. The zero-order valence-electron chi connectivity index (χ0n) is 10.2. The van der Waals surface area contributed by atoms with E-state index in [0.717, 1.165) is 0 Å². The molecule has 6 heteroatoms. The minimum absolute atomic E-state index is 0.0394. The van der Waals surface area contributed by atoms with Gasteiger partial charge in [0.25, 0.3) is 5.91 Å². The SMILES string of the molecule is CC=CCN1C(=O)COc2cc(F)c(N=C=S)cc21. The third-order valence-electron chi connectivity index (χ3n) is 2.66. The lowest BCUT2D eigenvalue weighted by atomic mass is 10.2. The van der Waals surface area contributed by atoms with Crippen LogP contribution in [0.2, 0.25) is 0 Å². The second-order valence-corrected chi connectivity index (χ2v) is 4.02. The highest BCUT2D eigenvalue weighted by Crippen LogP contribution is 2.37. The van der Waals surface area contributed by atoms with Gasteiger partial charge in [0.1, 0.15) is 11.4 Å². The van der Waals surface area contributed by atoms with E-state index >= 15 is 0 Å². The van der Waals surface area contributed by atoms with E-state index in [1.165, 1.54) is 17.0 Å². The van der Waals surface area contributed by atoms with Crippen LogP contribution < -0.4 is 9.64 Å². The van der Waals surface area contributed by atoms with Crippen molar-refractivity contribution in [3.05, 3.63) is 30.1 Å². The number of carbonyl (C=O) groups excluding carboxylic acids is 1. The van der Waals surface area contributed by atoms with E-state index in [9.17, 15) is 9.18 Å². The van der Waals surface area contributed by atoms with Crippen LogP contribution in [-0.4, -0.2) is 24.2 Å². The first-order valence-corrected chi connectivity index (χ1v) is 6.04. The van der Waals surface area contributed by atoms with Crippen LogP contribution in [0.5, 0.6) is 5.75 Å². The number of isothiocyanates is 1. The number of anilines is 1. The van der Waals surface area contributed by atoms with Gasteiger partial charge in [-0.15, -0.1) is 0 Å². The van der Waals surface area contributed by atoms with Crippen molar-refractivity contribution in [2.75, 3.05) is 18.1 Å². The first-order valence-electron chi connectivity index (χ1n) is 5.63. The van der Waals surface area contributed by atoms with Crippen LogP contribution in [0.4, 0.5) is 15.8 Å². The van der Waals surface area contributed by atoms with Crippen LogP contribution in [0.15, 0.2) is 29.3 Å². The lowest BCUT2D eigenvalue weighted by Crippen LogP contribution is -2.38. The largest absolute Gasteiger partial charge is 0.481 e. The Labute approximate surface area is 115 Å². The Bertz CT molecular complexity index is 595. The van der Waals surface area contributed by atoms with E-state index in [4.69, 9.17) is 4.74 Å². The van der Waals surface area contributed by atoms with E-state index in [-0.39, 0.29) is 18.2 Å². The summed E-state index contributed by atoms with van der Waals surface area (Å²) >= 11 is 4.46. The van der Waals surface area contributed by atoms with Gasteiger partial charge >= 0.3 is 0 Å². The molecule has 0 bridgehead atoms. The molecule has 1 aromatic rings. The summed E-state index contributed by atoms with van der Waals surface area (Å²) in [6.45, 7) is 2.16. The number of allylic oxidation sites excluding steroid dienone is 1. The zero-order valence-corrected chi connectivity index (χ0v) is 11.0. The predicted octanol–water partition coefficient (Wildman–Crippen LogP) is 2.86. The number of amides is 1. The van der Waals surface area contributed by atoms with Crippen molar-refractivity contribution in [2.24, 2.45) is 4.99 Å². The summed E-state index contributed by atoms with van der Waals surface area (Å²) < 4.78 is 18.9. The summed E-state index contributed by atoms with van der Waals surface area (Å²) in [5, 5.41) is 2.11. The summed E-state index contributed by atoms with van der Waals surface area (Å²) in [4.78, 5) is 17.0. The van der Waals surface area contributed by atoms with Gasteiger partial charge in [0.2, 0.25) is 0 Å². The van der Waals surface area contributed by atoms with Gasteiger partial charge in [0.15, 0.2) is 12.4 Å². The molecule has 0 unspecified atom stereocenters. The average Bonchev–Trinajstić information content (AvgIpc) is 2.39. The number of rotatable bonds is 3. The molecule has 4 nitrogen and oxygen atoms in total. The fourth-order valence-corrected chi connectivity index (χ4v) is 1.86. The van der Waals surface area contributed by atoms with Crippen molar-refractivity contribution in [3.63, 3.8) is 0 Å². The molecule has 0 radical (unpaired) electrons. The number of carbonyl (C=O) groups is 1. The van der Waals surface area contributed by atoms with E-state index in [1.54, 1.807) is 0 Å². The maximum Gasteiger partial charge on any atom is 0.265 e. The Morgan fingerprint density at radius 3 is 3.11 bits per heavy atom. The van der Waals surface area contributed by atoms with Gasteiger partial charge in [0.05, 0.1) is 10.8 Å². The smallest absolute Gasteiger partial charge is 0.265 e. The molecule has 0 fully saturated rings. The molecule has 1 heterocycles. The van der Waals surface area contributed by atoms with Crippen molar-refractivity contribution in [1.82, 2.24) is 0 Å². The number of nitrogens with zero attached hydrogens (tertiary/aromatic N) is 2. The minimum Gasteiger partial charge on any atom is -0.481 e. The van der Waals surface area contributed by atoms with Crippen LogP contribution in [-0.2, 0) is 4.79 Å². The maximum absolute atomic E-state index is 13.7. The number of fused-ring (bicyclic) bond motifs is 1. The van der Waals surface area contributed by atoms with Gasteiger partial charge in [-0.3, -0.25) is 4.79 Å². The molecule has 0 aromatic heterocycles. The predicted molar refractivity (Wildman–Crippen MR) is 73.7 cm³/mol. The Hall–Kier alpha value is -2.04. The first kappa shape index (κ1) is 13.4. The average molecular weight is 278 g/mol. The standard InChI is InChI=1S/C13H11FN2O2S/c1-2-3-4-16-11-6-10(15-8-19)9(14)5-12(11)18-7-13(16)17/h2-3,5-6H,4,7H2,1H3. The fourth-order valence-electron chi connectivity index (χ4n) is 1.76. The Morgan fingerprint density at radius 1 is 1.63 bits per heavy atom. The molecule has 0 saturated carbocycles. The Balaban J connectivity index is 2.50. The van der Waals surface area contributed by atoms with Crippen molar-refractivity contribution >= 4 is 34.7 Å². The first-order chi connectivity index (χ1) is 9.17. The Morgan fingerprint density at radius 2 is 2.42 bits per heavy atom. The molecule has 98 valence electrons. The summed E-state index contributed by atoms with van der Waals surface area (Å²) in [6.07, 6.45) is 3.67. The number of halogens is 1. The second kappa shape index (κ2) is 5.73. The summed E-state index contributed by atoms with van der Waals surface area (Å²) in [6, 6.07) is 2.64. The van der Waals surface area contributed by atoms with Crippen LogP contribution >= 0.6 is 12.2 Å². The number of benzene rings is 1. The number of aliphatic imine (C=N–C) groups is 1. The lowest BCUT2D eigenvalue weighted by Gasteiger charge is -2.28. The molecule has 0 saturated heterocycles. The van der Waals surface area contributed by atoms with Gasteiger partial charge in [-0.05, 0) is 25.2 Å². The molecular formula is C13H11FN2O2S. The van der Waals surface area contributed by atoms with Crippen molar-refractivity contribution < 1.29 is 13.9 Å². The molecule has 1 aliphatic rings. The molecule has 0 atom stereocenters. The van der Waals surface area contributed by atoms with Gasteiger partial charge < -0.3 is 9.64 Å². The molecule has 19 heavy (non-hydrogen) atoms. The van der Waals surface area contributed by atoms with Crippen LogP contribution in [0, 0.1) is 5.82 Å². The van der Waals surface area contributed by atoms with Gasteiger partial charge in [0, 0.05) is 12.6 Å². The zero-order chi connectivity index (χ0) is 13.8. The van der Waals surface area contributed by atoms with Crippen LogP contribution in [0.3, 0.4) is 0 Å². The quantitative estimate of drug-likeness (QED) is 0.485. The molecular weight excluding hydrogens is 267 g/mol. The summed E-state index contributed by atoms with van der Waals surface area (Å²) in [5.41, 5.74) is 0.525. The van der Waals surface area contributed by atoms with Gasteiger partial charge in [-0.1, -0.05) is 12.2 Å². The molecule has 2 rings (SSSR count). The number of hydrogen-bond donors (Lipinski definition) is 0. The van der Waals surface area contributed by atoms with Crippen molar-refractivity contribution in [1.29, 1.82) is 0 Å². The number of ether oxygens (including phenoxy) is 1. The van der Waals surface area contributed by atoms with E-state index in [1.807, 2.05) is 19.1 Å². The fraction of sp³-hybridized carbons (Fsp3) is 0.231. The van der Waals surface area contributed by atoms with E-state index in [2.05, 4.69) is 22.4 Å². The third-order valence-corrected chi connectivity index (χ3v) is 2.75. The van der Waals surface area contributed by atoms with Gasteiger partial charge in [-0.2, -0.15) is 4.99 Å². The topological polar surface area (TPSA) is 41.9 Å². The number of thiocarbonyl (C=S) groups is 1. The highest BCUT2D eigenvalue weighted by atomic mass is 32.1. The van der Waals surface area contributed by atoms with Crippen LogP contribution in [0.1, 0.15) is 6.92 Å². The molecule has 0 spiro atoms. The van der Waals surface area contributed by atoms with E-state index in [0.29, 0.717) is 18.0 Å². The van der Waals surface area contributed by atoms with E-state index < -0.39 is 5.82 Å². The number of hydrogen-bond acceptors (Lipinski definition) is 4. The normalized spacial score (nSPS) is 14.0. The Kier molecular flexibility index (Phi) is 4.04. The molecule has 1 aliphatic heterocycles. The maximum atomic E-state index is 13.7. The van der Waals surface area contributed by atoms with Crippen LogP contribution in [0.25, 0.3) is 0 Å².